The SMILES string of the molecule is C#CC(C)Nc1ncc(Br)c(OC)n1. The minimum absolute atomic E-state index is 0.110. The summed E-state index contributed by atoms with van der Waals surface area (Å²) >= 11 is 3.26. The molecule has 0 aromatic carbocycles. The third-order valence-corrected chi connectivity index (χ3v) is 2.04. The Hall–Kier alpha value is -1.28. The van der Waals surface area contributed by atoms with Gasteiger partial charge in [-0.15, -0.1) is 6.42 Å². The van der Waals surface area contributed by atoms with Gasteiger partial charge in [-0.2, -0.15) is 4.98 Å². The Balaban J connectivity index is 2.85. The van der Waals surface area contributed by atoms with Crippen LogP contribution in [0.1, 0.15) is 6.92 Å². The van der Waals surface area contributed by atoms with Crippen LogP contribution in [0.3, 0.4) is 0 Å². The van der Waals surface area contributed by atoms with Crippen LogP contribution in [0.2, 0.25) is 0 Å². The summed E-state index contributed by atoms with van der Waals surface area (Å²) in [5.74, 6) is 3.45. The van der Waals surface area contributed by atoms with Crippen molar-refractivity contribution < 1.29 is 4.74 Å². The monoisotopic (exact) mass is 255 g/mol. The standard InChI is InChI=1S/C9H10BrN3O/c1-4-6(2)12-9-11-5-7(10)8(13-9)14-3/h1,5-6H,2-3H3,(H,11,12,13). The predicted molar refractivity (Wildman–Crippen MR) is 58.2 cm³/mol. The molecule has 1 rings (SSSR count). The second-order valence-electron chi connectivity index (χ2n) is 2.58. The van der Waals surface area contributed by atoms with Gasteiger partial charge in [0.1, 0.15) is 0 Å². The molecule has 0 saturated heterocycles. The molecule has 0 spiro atoms. The quantitative estimate of drug-likeness (QED) is 0.836. The molecule has 0 amide bonds. The number of nitrogens with one attached hydrogen (secondary N) is 1. The van der Waals surface area contributed by atoms with Gasteiger partial charge in [0.15, 0.2) is 0 Å². The largest absolute Gasteiger partial charge is 0.480 e. The number of anilines is 1. The summed E-state index contributed by atoms with van der Waals surface area (Å²) in [7, 11) is 1.54. The molecule has 5 heteroatoms. The van der Waals surface area contributed by atoms with E-state index in [1.54, 1.807) is 13.3 Å². The maximum absolute atomic E-state index is 5.21. The number of methoxy groups -OCH3 is 1. The summed E-state index contributed by atoms with van der Waals surface area (Å²) in [6.07, 6.45) is 6.82. The Bertz CT molecular complexity index is 362. The van der Waals surface area contributed by atoms with Crippen LogP contribution in [-0.4, -0.2) is 23.1 Å². The molecule has 0 radical (unpaired) electrons. The topological polar surface area (TPSA) is 47.0 Å². The van der Waals surface area contributed by atoms with Gasteiger partial charge in [0.05, 0.1) is 23.8 Å². The van der Waals surface area contributed by atoms with Crippen LogP contribution in [0.5, 0.6) is 5.88 Å². The number of hydrogen-bond donors (Lipinski definition) is 1. The lowest BCUT2D eigenvalue weighted by molar-refractivity contribution is 0.394. The third kappa shape index (κ3) is 2.60. The molecule has 1 heterocycles. The van der Waals surface area contributed by atoms with Gasteiger partial charge in [-0.05, 0) is 22.9 Å². The lowest BCUT2D eigenvalue weighted by Crippen LogP contribution is -2.14. The number of ether oxygens (including phenoxy) is 1. The van der Waals surface area contributed by atoms with E-state index in [1.807, 2.05) is 6.92 Å². The molecule has 4 nitrogen and oxygen atoms in total. The van der Waals surface area contributed by atoms with Gasteiger partial charge in [-0.1, -0.05) is 5.92 Å². The smallest absolute Gasteiger partial charge is 0.232 e. The normalized spacial score (nSPS) is 11.6. The molecule has 0 aliphatic rings. The van der Waals surface area contributed by atoms with Crippen molar-refractivity contribution in [3.63, 3.8) is 0 Å². The molecule has 1 unspecified atom stereocenters. The highest BCUT2D eigenvalue weighted by atomic mass is 79.9. The summed E-state index contributed by atoms with van der Waals surface area (Å²) in [6, 6.07) is -0.110. The Labute approximate surface area is 91.2 Å². The molecular formula is C9H10BrN3O. The Morgan fingerprint density at radius 2 is 2.43 bits per heavy atom. The van der Waals surface area contributed by atoms with E-state index in [1.165, 1.54) is 0 Å². The summed E-state index contributed by atoms with van der Waals surface area (Å²) in [6.45, 7) is 1.85. The highest BCUT2D eigenvalue weighted by molar-refractivity contribution is 9.10. The van der Waals surface area contributed by atoms with Crippen molar-refractivity contribution in [3.05, 3.63) is 10.7 Å². The van der Waals surface area contributed by atoms with E-state index in [0.29, 0.717) is 16.3 Å². The lowest BCUT2D eigenvalue weighted by Gasteiger charge is -2.08. The van der Waals surface area contributed by atoms with Crippen molar-refractivity contribution in [2.75, 3.05) is 12.4 Å². The number of hydrogen-bond acceptors (Lipinski definition) is 4. The van der Waals surface area contributed by atoms with Crippen LogP contribution in [-0.2, 0) is 0 Å². The average Bonchev–Trinajstić information content (AvgIpc) is 2.20. The van der Waals surface area contributed by atoms with Crippen LogP contribution in [0.25, 0.3) is 0 Å². The Morgan fingerprint density at radius 1 is 1.71 bits per heavy atom. The summed E-state index contributed by atoms with van der Waals surface area (Å²) < 4.78 is 5.72. The van der Waals surface area contributed by atoms with E-state index in [0.717, 1.165) is 0 Å². The van der Waals surface area contributed by atoms with Crippen molar-refractivity contribution in [1.29, 1.82) is 0 Å². The molecule has 0 aliphatic heterocycles. The van der Waals surface area contributed by atoms with Crippen molar-refractivity contribution in [2.45, 2.75) is 13.0 Å². The number of halogens is 1. The molecule has 1 N–H and O–H groups in total. The fourth-order valence-electron chi connectivity index (χ4n) is 0.799. The molecule has 1 aromatic rings. The van der Waals surface area contributed by atoms with Crippen molar-refractivity contribution in [2.24, 2.45) is 0 Å². The van der Waals surface area contributed by atoms with E-state index >= 15 is 0 Å². The van der Waals surface area contributed by atoms with Gasteiger partial charge in [-0.3, -0.25) is 0 Å². The number of rotatable bonds is 3. The van der Waals surface area contributed by atoms with E-state index < -0.39 is 0 Å². The van der Waals surface area contributed by atoms with Crippen molar-refractivity contribution in [3.8, 4) is 18.2 Å². The molecule has 0 bridgehead atoms. The summed E-state index contributed by atoms with van der Waals surface area (Å²) in [5.41, 5.74) is 0. The first kappa shape index (κ1) is 10.8. The molecule has 74 valence electrons. The molecule has 0 fully saturated rings. The van der Waals surface area contributed by atoms with Gasteiger partial charge < -0.3 is 10.1 Å². The lowest BCUT2D eigenvalue weighted by atomic mass is 10.4. The van der Waals surface area contributed by atoms with Gasteiger partial charge in [0.2, 0.25) is 11.8 Å². The first-order chi connectivity index (χ1) is 6.67. The fourth-order valence-corrected chi connectivity index (χ4v) is 1.15. The molecule has 1 atom stereocenters. The van der Waals surface area contributed by atoms with E-state index in [4.69, 9.17) is 11.2 Å². The Morgan fingerprint density at radius 3 is 3.00 bits per heavy atom. The van der Waals surface area contributed by atoms with E-state index in [9.17, 15) is 0 Å². The van der Waals surface area contributed by atoms with Crippen molar-refractivity contribution >= 4 is 21.9 Å². The van der Waals surface area contributed by atoms with Crippen LogP contribution in [0.4, 0.5) is 5.95 Å². The first-order valence-corrected chi connectivity index (χ1v) is 4.76. The number of nitrogens with zero attached hydrogens (tertiary/aromatic N) is 2. The number of aromatic nitrogens is 2. The molecular weight excluding hydrogens is 246 g/mol. The minimum Gasteiger partial charge on any atom is -0.480 e. The second kappa shape index (κ2) is 4.82. The highest BCUT2D eigenvalue weighted by Gasteiger charge is 2.05. The summed E-state index contributed by atoms with van der Waals surface area (Å²) in [5, 5.41) is 2.93. The van der Waals surface area contributed by atoms with Crippen LogP contribution in [0.15, 0.2) is 10.7 Å². The van der Waals surface area contributed by atoms with Crippen LogP contribution < -0.4 is 10.1 Å². The fraction of sp³-hybridized carbons (Fsp3) is 0.333. The minimum atomic E-state index is -0.110. The summed E-state index contributed by atoms with van der Waals surface area (Å²) in [4.78, 5) is 8.12. The van der Waals surface area contributed by atoms with Gasteiger partial charge in [0, 0.05) is 0 Å². The third-order valence-electron chi connectivity index (χ3n) is 1.50. The van der Waals surface area contributed by atoms with E-state index in [2.05, 4.69) is 37.1 Å². The van der Waals surface area contributed by atoms with Gasteiger partial charge in [0.25, 0.3) is 0 Å². The zero-order chi connectivity index (χ0) is 10.6. The second-order valence-corrected chi connectivity index (χ2v) is 3.44. The molecule has 1 aromatic heterocycles. The molecule has 0 saturated carbocycles. The zero-order valence-corrected chi connectivity index (χ0v) is 9.50. The van der Waals surface area contributed by atoms with Gasteiger partial charge >= 0.3 is 0 Å². The molecule has 0 aliphatic carbocycles. The first-order valence-electron chi connectivity index (χ1n) is 3.96. The van der Waals surface area contributed by atoms with Gasteiger partial charge in [-0.25, -0.2) is 4.98 Å². The van der Waals surface area contributed by atoms with Crippen molar-refractivity contribution in [1.82, 2.24) is 9.97 Å². The van der Waals surface area contributed by atoms with E-state index in [-0.39, 0.29) is 6.04 Å². The predicted octanol–water partition coefficient (Wildman–Crippen LogP) is 1.68. The van der Waals surface area contributed by atoms with Crippen LogP contribution >= 0.6 is 15.9 Å². The highest BCUT2D eigenvalue weighted by Crippen LogP contribution is 2.21. The zero-order valence-electron chi connectivity index (χ0n) is 7.91. The maximum atomic E-state index is 5.21. The molecule has 14 heavy (non-hydrogen) atoms. The maximum Gasteiger partial charge on any atom is 0.232 e. The average molecular weight is 256 g/mol. The Kier molecular flexibility index (Phi) is 3.72. The number of terminal acetylenes is 1. The van der Waals surface area contributed by atoms with Crippen LogP contribution in [0, 0.1) is 12.3 Å².